The number of hydrogen-bond donors (Lipinski definition) is 1. The minimum absolute atomic E-state index is 0.530. The monoisotopic (exact) mass is 267 g/mol. The van der Waals surface area contributed by atoms with E-state index in [0.29, 0.717) is 6.04 Å². The second kappa shape index (κ2) is 6.06. The number of para-hydroxylation sites is 1. The highest BCUT2D eigenvalue weighted by Crippen LogP contribution is 2.29. The van der Waals surface area contributed by atoms with E-state index in [0.717, 1.165) is 11.5 Å². The number of rotatable bonds is 3. The van der Waals surface area contributed by atoms with E-state index < -0.39 is 0 Å². The van der Waals surface area contributed by atoms with E-state index in [1.165, 1.54) is 31.4 Å². The van der Waals surface area contributed by atoms with E-state index in [2.05, 4.69) is 34.4 Å². The van der Waals surface area contributed by atoms with Gasteiger partial charge in [-0.05, 0) is 50.2 Å². The minimum Gasteiger partial charge on any atom is -0.340 e. The average Bonchev–Trinajstić information content (AvgIpc) is 2.50. The van der Waals surface area contributed by atoms with Gasteiger partial charge >= 0.3 is 0 Å². The van der Waals surface area contributed by atoms with E-state index in [-0.39, 0.29) is 0 Å². The van der Waals surface area contributed by atoms with Crippen molar-refractivity contribution in [2.45, 2.75) is 25.3 Å². The first-order valence-corrected chi connectivity index (χ1v) is 7.31. The Balaban J connectivity index is 1.71. The quantitative estimate of drug-likeness (QED) is 0.911. The summed E-state index contributed by atoms with van der Waals surface area (Å²) in [7, 11) is 2.21. The summed E-state index contributed by atoms with van der Waals surface area (Å²) in [6.45, 7) is 1.19. The molecule has 1 aromatic carbocycles. The van der Waals surface area contributed by atoms with Crippen molar-refractivity contribution in [1.29, 1.82) is 0 Å². The second-order valence-corrected chi connectivity index (χ2v) is 5.46. The predicted octanol–water partition coefficient (Wildman–Crippen LogP) is 3.98. The largest absolute Gasteiger partial charge is 0.340 e. The molecule has 1 atom stereocenters. The molecule has 1 saturated heterocycles. The summed E-state index contributed by atoms with van der Waals surface area (Å²) < 4.78 is 0. The Hall–Kier alpha value is -1.87. The summed E-state index contributed by atoms with van der Waals surface area (Å²) in [6, 6.07) is 15.0. The van der Waals surface area contributed by atoms with Gasteiger partial charge in [-0.15, -0.1) is 0 Å². The number of benzene rings is 1. The van der Waals surface area contributed by atoms with E-state index in [1.807, 2.05) is 36.5 Å². The van der Waals surface area contributed by atoms with Crippen LogP contribution < -0.4 is 5.32 Å². The van der Waals surface area contributed by atoms with Crippen molar-refractivity contribution in [3.05, 3.63) is 54.2 Å². The molecular weight excluding hydrogens is 246 g/mol. The molecule has 2 aromatic rings. The fourth-order valence-corrected chi connectivity index (χ4v) is 2.84. The van der Waals surface area contributed by atoms with Crippen molar-refractivity contribution in [2.24, 2.45) is 0 Å². The first-order valence-electron chi connectivity index (χ1n) is 7.31. The second-order valence-electron chi connectivity index (χ2n) is 5.46. The van der Waals surface area contributed by atoms with Crippen LogP contribution in [0.3, 0.4) is 0 Å². The maximum atomic E-state index is 4.55. The highest BCUT2D eigenvalue weighted by molar-refractivity contribution is 5.55. The first-order chi connectivity index (χ1) is 9.83. The summed E-state index contributed by atoms with van der Waals surface area (Å²) in [5.74, 6) is 0.901. The number of hydrogen-bond acceptors (Lipinski definition) is 3. The van der Waals surface area contributed by atoms with Crippen molar-refractivity contribution < 1.29 is 0 Å². The highest BCUT2D eigenvalue weighted by atomic mass is 15.1. The lowest BCUT2D eigenvalue weighted by Crippen LogP contribution is -2.29. The molecule has 20 heavy (non-hydrogen) atoms. The molecule has 0 radical (unpaired) electrons. The van der Waals surface area contributed by atoms with Gasteiger partial charge in [-0.1, -0.05) is 30.7 Å². The molecule has 0 saturated carbocycles. The standard InChI is InChI=1S/C17H21N3/c1-20-12-6-5-9-16(20)14-10-11-17(18-13-14)19-15-7-3-2-4-8-15/h2-4,7-8,10-11,13,16H,5-6,9,12H2,1H3,(H,18,19)/t16-/m1/s1. The molecule has 1 N–H and O–H groups in total. The fourth-order valence-electron chi connectivity index (χ4n) is 2.84. The molecule has 0 unspecified atom stereocenters. The van der Waals surface area contributed by atoms with Crippen LogP contribution in [0.4, 0.5) is 11.5 Å². The first kappa shape index (κ1) is 13.1. The molecule has 104 valence electrons. The van der Waals surface area contributed by atoms with Gasteiger partial charge in [0.15, 0.2) is 0 Å². The van der Waals surface area contributed by atoms with Crippen LogP contribution in [0, 0.1) is 0 Å². The Bertz CT molecular complexity index is 536. The van der Waals surface area contributed by atoms with Crippen molar-refractivity contribution in [3.8, 4) is 0 Å². The molecule has 1 aromatic heterocycles. The third kappa shape index (κ3) is 2.99. The zero-order valence-corrected chi connectivity index (χ0v) is 11.9. The van der Waals surface area contributed by atoms with Gasteiger partial charge in [0.1, 0.15) is 5.82 Å². The van der Waals surface area contributed by atoms with E-state index in [4.69, 9.17) is 0 Å². The van der Waals surface area contributed by atoms with Crippen LogP contribution in [0.1, 0.15) is 30.9 Å². The maximum absolute atomic E-state index is 4.55. The summed E-state index contributed by atoms with van der Waals surface area (Å²) >= 11 is 0. The van der Waals surface area contributed by atoms with E-state index in [9.17, 15) is 0 Å². The molecule has 3 rings (SSSR count). The van der Waals surface area contributed by atoms with Crippen LogP contribution in [0.15, 0.2) is 48.7 Å². The van der Waals surface area contributed by atoms with Gasteiger partial charge in [-0.25, -0.2) is 4.98 Å². The molecule has 1 aliphatic rings. The van der Waals surface area contributed by atoms with Crippen molar-refractivity contribution in [2.75, 3.05) is 18.9 Å². The number of nitrogens with one attached hydrogen (secondary N) is 1. The number of likely N-dealkylation sites (tertiary alicyclic amines) is 1. The Kier molecular flexibility index (Phi) is 3.97. The van der Waals surface area contributed by atoms with Crippen LogP contribution >= 0.6 is 0 Å². The van der Waals surface area contributed by atoms with Crippen LogP contribution in [0.25, 0.3) is 0 Å². The smallest absolute Gasteiger partial charge is 0.130 e. The molecule has 0 aliphatic carbocycles. The van der Waals surface area contributed by atoms with Crippen molar-refractivity contribution in [3.63, 3.8) is 0 Å². The minimum atomic E-state index is 0.530. The summed E-state index contributed by atoms with van der Waals surface area (Å²) in [5, 5.41) is 3.32. The number of nitrogens with zero attached hydrogens (tertiary/aromatic N) is 2. The van der Waals surface area contributed by atoms with Gasteiger partial charge in [-0.3, -0.25) is 4.90 Å². The molecule has 3 heteroatoms. The predicted molar refractivity (Wildman–Crippen MR) is 83.2 cm³/mol. The van der Waals surface area contributed by atoms with Crippen molar-refractivity contribution >= 4 is 11.5 Å². The van der Waals surface area contributed by atoms with Crippen LogP contribution in [-0.2, 0) is 0 Å². The number of pyridine rings is 1. The molecule has 0 amide bonds. The lowest BCUT2D eigenvalue weighted by atomic mass is 9.97. The Morgan fingerprint density at radius 1 is 1.10 bits per heavy atom. The lowest BCUT2D eigenvalue weighted by Gasteiger charge is -2.32. The third-order valence-corrected chi connectivity index (χ3v) is 3.99. The van der Waals surface area contributed by atoms with Crippen LogP contribution in [0.2, 0.25) is 0 Å². The highest BCUT2D eigenvalue weighted by Gasteiger charge is 2.20. The third-order valence-electron chi connectivity index (χ3n) is 3.99. The number of aromatic nitrogens is 1. The van der Waals surface area contributed by atoms with Gasteiger partial charge in [-0.2, -0.15) is 0 Å². The summed E-state index contributed by atoms with van der Waals surface area (Å²) in [4.78, 5) is 6.98. The molecule has 1 fully saturated rings. The Morgan fingerprint density at radius 2 is 1.95 bits per heavy atom. The maximum Gasteiger partial charge on any atom is 0.130 e. The van der Waals surface area contributed by atoms with Crippen LogP contribution in [-0.4, -0.2) is 23.5 Å². The van der Waals surface area contributed by atoms with E-state index >= 15 is 0 Å². The topological polar surface area (TPSA) is 28.2 Å². The zero-order valence-electron chi connectivity index (χ0n) is 11.9. The average molecular weight is 267 g/mol. The van der Waals surface area contributed by atoms with Gasteiger partial charge in [0.05, 0.1) is 0 Å². The molecule has 1 aliphatic heterocycles. The molecule has 0 bridgehead atoms. The van der Waals surface area contributed by atoms with Gasteiger partial charge < -0.3 is 5.32 Å². The summed E-state index contributed by atoms with van der Waals surface area (Å²) in [6.07, 6.45) is 5.88. The molecule has 0 spiro atoms. The number of piperidine rings is 1. The van der Waals surface area contributed by atoms with Gasteiger partial charge in [0.2, 0.25) is 0 Å². The normalized spacial score (nSPS) is 19.8. The van der Waals surface area contributed by atoms with Crippen LogP contribution in [0.5, 0.6) is 0 Å². The van der Waals surface area contributed by atoms with E-state index in [1.54, 1.807) is 0 Å². The Labute approximate surface area is 120 Å². The summed E-state index contributed by atoms with van der Waals surface area (Å²) in [5.41, 5.74) is 2.40. The SMILES string of the molecule is CN1CCCC[C@@H]1c1ccc(Nc2ccccc2)nc1. The molecule has 3 nitrogen and oxygen atoms in total. The molecule has 2 heterocycles. The zero-order chi connectivity index (χ0) is 13.8. The van der Waals surface area contributed by atoms with Gasteiger partial charge in [0.25, 0.3) is 0 Å². The van der Waals surface area contributed by atoms with Crippen molar-refractivity contribution in [1.82, 2.24) is 9.88 Å². The fraction of sp³-hybridized carbons (Fsp3) is 0.353. The molecular formula is C17H21N3. The van der Waals surface area contributed by atoms with Gasteiger partial charge in [0, 0.05) is 17.9 Å². The Morgan fingerprint density at radius 3 is 2.65 bits per heavy atom. The lowest BCUT2D eigenvalue weighted by molar-refractivity contribution is 0.187. The number of anilines is 2.